The molecule has 0 spiro atoms. The van der Waals surface area contributed by atoms with E-state index >= 15 is 0 Å². The summed E-state index contributed by atoms with van der Waals surface area (Å²) in [6, 6.07) is 2.36. The lowest BCUT2D eigenvalue weighted by atomic mass is 10.0. The third-order valence-electron chi connectivity index (χ3n) is 4.11. The molecule has 0 aliphatic heterocycles. The first-order valence-electron chi connectivity index (χ1n) is 7.53. The van der Waals surface area contributed by atoms with Crippen molar-refractivity contribution < 1.29 is 8.78 Å². The minimum atomic E-state index is -0.879. The van der Waals surface area contributed by atoms with Crippen LogP contribution in [0.5, 0.6) is 0 Å². The van der Waals surface area contributed by atoms with Crippen LogP contribution >= 0.6 is 12.2 Å². The molecule has 1 aromatic carbocycles. The number of nitrogens with two attached hydrogens (primary N) is 1. The number of hydrogen-bond donors (Lipinski definition) is 1. The van der Waals surface area contributed by atoms with E-state index in [1.54, 1.807) is 0 Å². The Labute approximate surface area is 134 Å². The van der Waals surface area contributed by atoms with Gasteiger partial charge in [-0.25, -0.2) is 13.8 Å². The lowest BCUT2D eigenvalue weighted by molar-refractivity contribution is 0.508. The summed E-state index contributed by atoms with van der Waals surface area (Å²) in [6.45, 7) is 6.60. The molecule has 0 saturated heterocycles. The minimum absolute atomic E-state index is 0.0476. The minimum Gasteiger partial charge on any atom is -0.393 e. The maximum absolute atomic E-state index is 13.6. The largest absolute Gasteiger partial charge is 0.393 e. The Hall–Kier alpha value is -1.56. The Balaban J connectivity index is 2.63. The van der Waals surface area contributed by atoms with Gasteiger partial charge in [-0.1, -0.05) is 33.0 Å². The molecule has 2 N–H and O–H groups in total. The Bertz CT molecular complexity index is 692. The van der Waals surface area contributed by atoms with Crippen LogP contribution in [0.1, 0.15) is 45.4 Å². The van der Waals surface area contributed by atoms with Crippen molar-refractivity contribution in [2.45, 2.75) is 46.1 Å². The predicted octanol–water partition coefficient (Wildman–Crippen LogP) is 4.14. The van der Waals surface area contributed by atoms with Crippen molar-refractivity contribution in [3.8, 4) is 0 Å². The van der Waals surface area contributed by atoms with Crippen LogP contribution in [0.4, 0.5) is 8.78 Å². The van der Waals surface area contributed by atoms with Crippen LogP contribution in [-0.2, 0) is 6.54 Å². The van der Waals surface area contributed by atoms with E-state index in [0.29, 0.717) is 22.6 Å². The number of rotatable bonds is 6. The van der Waals surface area contributed by atoms with E-state index in [1.807, 2.05) is 11.5 Å². The summed E-state index contributed by atoms with van der Waals surface area (Å²) in [7, 11) is 0. The zero-order valence-corrected chi connectivity index (χ0v) is 13.9. The van der Waals surface area contributed by atoms with Crippen LogP contribution in [0.25, 0.3) is 11.0 Å². The molecule has 0 aliphatic rings. The van der Waals surface area contributed by atoms with Crippen molar-refractivity contribution >= 4 is 28.2 Å². The molecule has 1 aromatic heterocycles. The summed E-state index contributed by atoms with van der Waals surface area (Å²) in [5.41, 5.74) is 6.76. The number of aromatic nitrogens is 2. The van der Waals surface area contributed by atoms with Crippen molar-refractivity contribution in [1.29, 1.82) is 0 Å². The van der Waals surface area contributed by atoms with Crippen molar-refractivity contribution in [3.63, 3.8) is 0 Å². The average molecular weight is 325 g/mol. The highest BCUT2D eigenvalue weighted by atomic mass is 32.1. The van der Waals surface area contributed by atoms with E-state index in [9.17, 15) is 8.78 Å². The topological polar surface area (TPSA) is 43.8 Å². The number of hydrogen-bond acceptors (Lipinski definition) is 2. The number of halogens is 2. The summed E-state index contributed by atoms with van der Waals surface area (Å²) in [4.78, 5) is 4.94. The molecule has 0 bridgehead atoms. The predicted molar refractivity (Wildman–Crippen MR) is 88.9 cm³/mol. The van der Waals surface area contributed by atoms with Crippen molar-refractivity contribution in [2.75, 3.05) is 0 Å². The number of fused-ring (bicyclic) bond motifs is 1. The highest BCUT2D eigenvalue weighted by Gasteiger charge is 2.21. The van der Waals surface area contributed by atoms with Crippen molar-refractivity contribution in [1.82, 2.24) is 9.55 Å². The number of thiocarbonyl (C=S) groups is 1. The van der Waals surface area contributed by atoms with Crippen molar-refractivity contribution in [2.24, 2.45) is 11.7 Å². The summed E-state index contributed by atoms with van der Waals surface area (Å²) >= 11 is 5.04. The van der Waals surface area contributed by atoms with Crippen LogP contribution in [-0.4, -0.2) is 14.5 Å². The van der Waals surface area contributed by atoms with Gasteiger partial charge in [0.2, 0.25) is 0 Å². The van der Waals surface area contributed by atoms with Gasteiger partial charge in [0, 0.05) is 30.5 Å². The molecule has 1 atom stereocenters. The van der Waals surface area contributed by atoms with Gasteiger partial charge in [-0.05, 0) is 12.8 Å². The van der Waals surface area contributed by atoms with Gasteiger partial charge >= 0.3 is 0 Å². The summed E-state index contributed by atoms with van der Waals surface area (Å²) in [5.74, 6) is -0.720. The Kier molecular flexibility index (Phi) is 5.11. The van der Waals surface area contributed by atoms with Crippen LogP contribution < -0.4 is 5.73 Å². The first-order valence-corrected chi connectivity index (χ1v) is 7.94. The average Bonchev–Trinajstić information content (AvgIpc) is 2.79. The molecule has 120 valence electrons. The molecule has 0 saturated carbocycles. The lowest BCUT2D eigenvalue weighted by Crippen LogP contribution is -2.24. The second kappa shape index (κ2) is 6.69. The van der Waals surface area contributed by atoms with Gasteiger partial charge in [-0.3, -0.25) is 0 Å². The SMILES string of the molecule is CCC(CC)c1nc2cc(F)c(F)cc2n1CC(C)C(N)=S. The van der Waals surface area contributed by atoms with E-state index in [2.05, 4.69) is 18.8 Å². The number of imidazole rings is 1. The van der Waals surface area contributed by atoms with E-state index < -0.39 is 11.6 Å². The smallest absolute Gasteiger partial charge is 0.161 e. The highest BCUT2D eigenvalue weighted by molar-refractivity contribution is 7.80. The summed E-state index contributed by atoms with van der Waals surface area (Å²) in [6.07, 6.45) is 1.82. The molecule has 0 aliphatic carbocycles. The molecule has 6 heteroatoms. The molecule has 0 radical (unpaired) electrons. The molecule has 2 rings (SSSR count). The quantitative estimate of drug-likeness (QED) is 0.812. The van der Waals surface area contributed by atoms with Crippen LogP contribution in [0.2, 0.25) is 0 Å². The van der Waals surface area contributed by atoms with Crippen LogP contribution in [0.15, 0.2) is 12.1 Å². The fourth-order valence-electron chi connectivity index (χ4n) is 2.66. The van der Waals surface area contributed by atoms with E-state index in [4.69, 9.17) is 18.0 Å². The molecule has 22 heavy (non-hydrogen) atoms. The first-order chi connectivity index (χ1) is 10.4. The second-order valence-corrected chi connectivity index (χ2v) is 6.12. The van der Waals surface area contributed by atoms with Gasteiger partial charge in [0.05, 0.1) is 16.0 Å². The number of nitrogens with zero attached hydrogens (tertiary/aromatic N) is 2. The molecular weight excluding hydrogens is 304 g/mol. The Morgan fingerprint density at radius 1 is 1.27 bits per heavy atom. The van der Waals surface area contributed by atoms with Gasteiger partial charge < -0.3 is 10.3 Å². The zero-order valence-electron chi connectivity index (χ0n) is 13.1. The summed E-state index contributed by atoms with van der Waals surface area (Å²) < 4.78 is 29.0. The first kappa shape index (κ1) is 16.8. The fourth-order valence-corrected chi connectivity index (χ4v) is 2.73. The van der Waals surface area contributed by atoms with E-state index in [0.717, 1.165) is 24.7 Å². The molecule has 0 amide bonds. The van der Waals surface area contributed by atoms with Crippen molar-refractivity contribution in [3.05, 3.63) is 29.6 Å². The Morgan fingerprint density at radius 2 is 1.86 bits per heavy atom. The molecule has 3 nitrogen and oxygen atoms in total. The van der Waals surface area contributed by atoms with Crippen LogP contribution in [0, 0.1) is 17.6 Å². The third-order valence-corrected chi connectivity index (χ3v) is 4.52. The monoisotopic (exact) mass is 325 g/mol. The van der Waals surface area contributed by atoms with Gasteiger partial charge in [0.1, 0.15) is 5.82 Å². The molecule has 0 fully saturated rings. The van der Waals surface area contributed by atoms with E-state index in [-0.39, 0.29) is 11.8 Å². The van der Waals surface area contributed by atoms with Gasteiger partial charge in [0.25, 0.3) is 0 Å². The third kappa shape index (κ3) is 3.11. The van der Waals surface area contributed by atoms with Gasteiger partial charge in [-0.2, -0.15) is 0 Å². The standard InChI is InChI=1S/C16H21F2N3S/c1-4-10(5-2)16-20-13-6-11(17)12(18)7-14(13)21(16)8-9(3)15(19)22/h6-7,9-10H,4-5,8H2,1-3H3,(H2,19,22). The fraction of sp³-hybridized carbons (Fsp3) is 0.500. The summed E-state index contributed by atoms with van der Waals surface area (Å²) in [5, 5.41) is 0. The molecule has 1 unspecified atom stereocenters. The Morgan fingerprint density at radius 3 is 2.41 bits per heavy atom. The lowest BCUT2D eigenvalue weighted by Gasteiger charge is -2.18. The maximum Gasteiger partial charge on any atom is 0.161 e. The second-order valence-electron chi connectivity index (χ2n) is 5.65. The van der Waals surface area contributed by atoms with Gasteiger partial charge in [0.15, 0.2) is 11.6 Å². The molecule has 1 heterocycles. The molecular formula is C16H21F2N3S. The van der Waals surface area contributed by atoms with Gasteiger partial charge in [-0.15, -0.1) is 0 Å². The zero-order chi connectivity index (χ0) is 16.4. The normalized spacial score (nSPS) is 13.0. The maximum atomic E-state index is 13.6. The van der Waals surface area contributed by atoms with Crippen LogP contribution in [0.3, 0.4) is 0 Å². The highest BCUT2D eigenvalue weighted by Crippen LogP contribution is 2.28. The number of benzene rings is 1. The van der Waals surface area contributed by atoms with E-state index in [1.165, 1.54) is 6.07 Å². The molecule has 2 aromatic rings.